The molecule has 4 heteroatoms. The fourth-order valence-electron chi connectivity index (χ4n) is 2.55. The van der Waals surface area contributed by atoms with Crippen LogP contribution in [0.1, 0.15) is 12.1 Å². The highest BCUT2D eigenvalue weighted by atomic mass is 16.3. The third kappa shape index (κ3) is 1.93. The topological polar surface area (TPSA) is 49.2 Å². The maximum atomic E-state index is 9.21. The second-order valence-corrected chi connectivity index (χ2v) is 4.90. The molecule has 0 radical (unpaired) electrons. The van der Waals surface area contributed by atoms with Crippen LogP contribution in [0.2, 0.25) is 0 Å². The lowest BCUT2D eigenvalue weighted by Crippen LogP contribution is -2.23. The van der Waals surface area contributed by atoms with Crippen molar-refractivity contribution in [2.45, 2.75) is 13.3 Å². The van der Waals surface area contributed by atoms with E-state index < -0.39 is 0 Å². The predicted octanol–water partition coefficient (Wildman–Crippen LogP) is 1.76. The van der Waals surface area contributed by atoms with E-state index in [-0.39, 0.29) is 6.61 Å². The number of nitrogens with zero attached hydrogens (tertiary/aromatic N) is 3. The standard InChI is InChI=1S/C14H17N3O/c1-10-14(17-7-6-11(8-17)9-18)16-13-5-3-2-4-12(13)15-10/h2-5,11,18H,6-9H2,1H3. The first-order valence-electron chi connectivity index (χ1n) is 6.37. The number of anilines is 1. The molecule has 1 aliphatic heterocycles. The van der Waals surface area contributed by atoms with Crippen LogP contribution in [0.15, 0.2) is 24.3 Å². The molecule has 1 atom stereocenters. The minimum absolute atomic E-state index is 0.260. The lowest BCUT2D eigenvalue weighted by molar-refractivity contribution is 0.238. The van der Waals surface area contributed by atoms with Crippen LogP contribution in [0.4, 0.5) is 5.82 Å². The van der Waals surface area contributed by atoms with Crippen LogP contribution >= 0.6 is 0 Å². The summed E-state index contributed by atoms with van der Waals surface area (Å²) in [7, 11) is 0. The van der Waals surface area contributed by atoms with Gasteiger partial charge in [-0.25, -0.2) is 9.97 Å². The molecule has 1 unspecified atom stereocenters. The molecule has 1 aromatic heterocycles. The van der Waals surface area contributed by atoms with E-state index in [1.807, 2.05) is 31.2 Å². The van der Waals surface area contributed by atoms with Crippen molar-refractivity contribution in [3.8, 4) is 0 Å². The van der Waals surface area contributed by atoms with Gasteiger partial charge in [0.25, 0.3) is 0 Å². The van der Waals surface area contributed by atoms with Gasteiger partial charge in [-0.05, 0) is 25.5 Å². The lowest BCUT2D eigenvalue weighted by atomic mass is 10.1. The number of aryl methyl sites for hydroxylation is 1. The molecule has 3 rings (SSSR count). The minimum Gasteiger partial charge on any atom is -0.396 e. The molecule has 1 aromatic carbocycles. The summed E-state index contributed by atoms with van der Waals surface area (Å²) in [5.74, 6) is 1.34. The molecule has 2 aromatic rings. The number of rotatable bonds is 2. The number of hydrogen-bond donors (Lipinski definition) is 1. The summed E-state index contributed by atoms with van der Waals surface area (Å²) in [6.07, 6.45) is 1.03. The molecule has 1 saturated heterocycles. The van der Waals surface area contributed by atoms with Crippen molar-refractivity contribution in [3.63, 3.8) is 0 Å². The quantitative estimate of drug-likeness (QED) is 0.873. The monoisotopic (exact) mass is 243 g/mol. The van der Waals surface area contributed by atoms with Crippen LogP contribution in [0.3, 0.4) is 0 Å². The van der Waals surface area contributed by atoms with E-state index in [1.165, 1.54) is 0 Å². The van der Waals surface area contributed by atoms with Crippen LogP contribution < -0.4 is 4.90 Å². The Morgan fingerprint density at radius 2 is 2.00 bits per heavy atom. The first-order valence-corrected chi connectivity index (χ1v) is 6.37. The Morgan fingerprint density at radius 1 is 1.28 bits per heavy atom. The lowest BCUT2D eigenvalue weighted by Gasteiger charge is -2.19. The van der Waals surface area contributed by atoms with E-state index in [4.69, 9.17) is 4.98 Å². The number of hydrogen-bond acceptors (Lipinski definition) is 4. The third-order valence-electron chi connectivity index (χ3n) is 3.56. The van der Waals surface area contributed by atoms with Crippen molar-refractivity contribution in [2.24, 2.45) is 5.92 Å². The Morgan fingerprint density at radius 3 is 2.67 bits per heavy atom. The zero-order chi connectivity index (χ0) is 12.5. The van der Waals surface area contributed by atoms with Gasteiger partial charge < -0.3 is 10.0 Å². The van der Waals surface area contributed by atoms with Crippen molar-refractivity contribution in [3.05, 3.63) is 30.0 Å². The van der Waals surface area contributed by atoms with Gasteiger partial charge in [-0.1, -0.05) is 12.1 Å². The molecule has 0 amide bonds. The van der Waals surface area contributed by atoms with E-state index in [2.05, 4.69) is 9.88 Å². The van der Waals surface area contributed by atoms with Gasteiger partial charge in [-0.2, -0.15) is 0 Å². The summed E-state index contributed by atoms with van der Waals surface area (Å²) in [6, 6.07) is 7.94. The molecule has 94 valence electrons. The first-order chi connectivity index (χ1) is 8.78. The first kappa shape index (κ1) is 11.4. The average molecular weight is 243 g/mol. The second-order valence-electron chi connectivity index (χ2n) is 4.90. The molecule has 1 N–H and O–H groups in total. The van der Waals surface area contributed by atoms with Crippen LogP contribution in [0.25, 0.3) is 11.0 Å². The van der Waals surface area contributed by atoms with Crippen molar-refractivity contribution in [1.29, 1.82) is 0 Å². The summed E-state index contributed by atoms with van der Waals surface area (Å²) >= 11 is 0. The van der Waals surface area contributed by atoms with Gasteiger partial charge in [0.15, 0.2) is 5.82 Å². The number of para-hydroxylation sites is 2. The molecule has 0 aliphatic carbocycles. The molecule has 0 bridgehead atoms. The predicted molar refractivity (Wildman–Crippen MR) is 71.7 cm³/mol. The summed E-state index contributed by atoms with van der Waals surface area (Å²) in [5, 5.41) is 9.21. The number of aliphatic hydroxyl groups excluding tert-OH is 1. The van der Waals surface area contributed by atoms with Crippen LogP contribution in [0.5, 0.6) is 0 Å². The van der Waals surface area contributed by atoms with Crippen LogP contribution in [-0.2, 0) is 0 Å². The maximum Gasteiger partial charge on any atom is 0.150 e. The minimum atomic E-state index is 0.260. The average Bonchev–Trinajstić information content (AvgIpc) is 2.86. The molecular formula is C14H17N3O. The van der Waals surface area contributed by atoms with E-state index >= 15 is 0 Å². The normalized spacial score (nSPS) is 19.7. The van der Waals surface area contributed by atoms with E-state index in [0.717, 1.165) is 42.1 Å². The smallest absolute Gasteiger partial charge is 0.150 e. The third-order valence-corrected chi connectivity index (χ3v) is 3.56. The largest absolute Gasteiger partial charge is 0.396 e. The zero-order valence-electron chi connectivity index (χ0n) is 10.5. The van der Waals surface area contributed by atoms with Gasteiger partial charge in [-0.15, -0.1) is 0 Å². The Kier molecular flexibility index (Phi) is 2.88. The molecule has 4 nitrogen and oxygen atoms in total. The van der Waals surface area contributed by atoms with Gasteiger partial charge in [0.05, 0.1) is 16.7 Å². The Bertz CT molecular complexity index is 570. The molecule has 18 heavy (non-hydrogen) atoms. The van der Waals surface area contributed by atoms with Crippen molar-refractivity contribution < 1.29 is 5.11 Å². The molecule has 0 saturated carbocycles. The summed E-state index contributed by atoms with van der Waals surface area (Å²) in [6.45, 7) is 4.10. The van der Waals surface area contributed by atoms with Crippen molar-refractivity contribution >= 4 is 16.9 Å². The van der Waals surface area contributed by atoms with Gasteiger partial charge in [0, 0.05) is 25.6 Å². The van der Waals surface area contributed by atoms with E-state index in [9.17, 15) is 5.11 Å². The number of aliphatic hydroxyl groups is 1. The highest BCUT2D eigenvalue weighted by Crippen LogP contribution is 2.25. The number of fused-ring (bicyclic) bond motifs is 1. The van der Waals surface area contributed by atoms with Gasteiger partial charge in [0.2, 0.25) is 0 Å². The maximum absolute atomic E-state index is 9.21. The van der Waals surface area contributed by atoms with Crippen molar-refractivity contribution in [1.82, 2.24) is 9.97 Å². The van der Waals surface area contributed by atoms with Gasteiger partial charge in [0.1, 0.15) is 0 Å². The second kappa shape index (κ2) is 4.53. The Hall–Kier alpha value is -1.68. The van der Waals surface area contributed by atoms with E-state index in [1.54, 1.807) is 0 Å². The highest BCUT2D eigenvalue weighted by molar-refractivity contribution is 5.76. The summed E-state index contributed by atoms with van der Waals surface area (Å²) < 4.78 is 0. The fraction of sp³-hybridized carbons (Fsp3) is 0.429. The molecule has 1 fully saturated rings. The zero-order valence-corrected chi connectivity index (χ0v) is 10.5. The van der Waals surface area contributed by atoms with Crippen molar-refractivity contribution in [2.75, 3.05) is 24.6 Å². The SMILES string of the molecule is Cc1nc2ccccc2nc1N1CCC(CO)C1. The highest BCUT2D eigenvalue weighted by Gasteiger charge is 2.24. The van der Waals surface area contributed by atoms with Gasteiger partial charge >= 0.3 is 0 Å². The summed E-state index contributed by atoms with van der Waals surface area (Å²) in [5.41, 5.74) is 2.84. The molecule has 0 spiro atoms. The van der Waals surface area contributed by atoms with Gasteiger partial charge in [-0.3, -0.25) is 0 Å². The number of benzene rings is 1. The Balaban J connectivity index is 1.99. The number of aromatic nitrogens is 2. The fourth-order valence-corrected chi connectivity index (χ4v) is 2.55. The van der Waals surface area contributed by atoms with E-state index in [0.29, 0.717) is 5.92 Å². The van der Waals surface area contributed by atoms with Crippen LogP contribution in [-0.4, -0.2) is 34.8 Å². The Labute approximate surface area is 106 Å². The molecule has 2 heterocycles. The summed E-state index contributed by atoms with van der Waals surface area (Å²) in [4.78, 5) is 11.5. The molecular weight excluding hydrogens is 226 g/mol. The van der Waals surface area contributed by atoms with Crippen LogP contribution in [0, 0.1) is 12.8 Å². The molecule has 1 aliphatic rings.